The molecule has 0 saturated heterocycles. The minimum Gasteiger partial charge on any atom is -0.398 e. The smallest absolute Gasteiger partial charge is 0.220 e. The van der Waals surface area contributed by atoms with E-state index < -0.39 is 0 Å². The fraction of sp³-hybridized carbons (Fsp3) is 0.250. The first-order valence-electron chi connectivity index (χ1n) is 6.59. The Morgan fingerprint density at radius 3 is 2.60 bits per heavy atom. The molecule has 20 heavy (non-hydrogen) atoms. The number of Topliss-reactive ketones (excluding diaryl/α,β-unsaturated/α-hetero) is 1. The van der Waals surface area contributed by atoms with Crippen molar-refractivity contribution in [2.45, 2.75) is 19.8 Å². The summed E-state index contributed by atoms with van der Waals surface area (Å²) < 4.78 is 0. The largest absolute Gasteiger partial charge is 0.398 e. The molecule has 0 bridgehead atoms. The summed E-state index contributed by atoms with van der Waals surface area (Å²) in [5, 5.41) is 2.86. The van der Waals surface area contributed by atoms with Gasteiger partial charge in [0.15, 0.2) is 5.78 Å². The molecule has 4 heteroatoms. The summed E-state index contributed by atoms with van der Waals surface area (Å²) in [6.45, 7) is 2.07. The van der Waals surface area contributed by atoms with E-state index in [0.717, 1.165) is 11.1 Å². The predicted molar refractivity (Wildman–Crippen MR) is 79.4 cm³/mol. The molecule has 0 saturated carbocycles. The van der Waals surface area contributed by atoms with Crippen LogP contribution in [-0.4, -0.2) is 18.2 Å². The number of ketones is 1. The zero-order chi connectivity index (χ0) is 14.5. The molecule has 0 aromatic heterocycles. The van der Waals surface area contributed by atoms with Crippen molar-refractivity contribution in [2.24, 2.45) is 0 Å². The Balaban J connectivity index is 1.82. The summed E-state index contributed by atoms with van der Waals surface area (Å²) >= 11 is 0. The van der Waals surface area contributed by atoms with Crippen molar-refractivity contribution in [3.8, 4) is 0 Å². The van der Waals surface area contributed by atoms with Crippen molar-refractivity contribution in [1.82, 2.24) is 5.32 Å². The number of hydrogen-bond acceptors (Lipinski definition) is 3. The van der Waals surface area contributed by atoms with Gasteiger partial charge in [-0.15, -0.1) is 0 Å². The highest BCUT2D eigenvalue weighted by Crippen LogP contribution is 2.16. The van der Waals surface area contributed by atoms with Crippen LogP contribution in [0, 0.1) is 0 Å². The molecule has 4 nitrogen and oxygen atoms in total. The maximum Gasteiger partial charge on any atom is 0.220 e. The van der Waals surface area contributed by atoms with Crippen LogP contribution in [0.4, 0.5) is 5.69 Å². The van der Waals surface area contributed by atoms with Gasteiger partial charge >= 0.3 is 0 Å². The number of nitrogens with one attached hydrogen (secondary N) is 1. The van der Waals surface area contributed by atoms with Crippen molar-refractivity contribution in [1.29, 1.82) is 0 Å². The van der Waals surface area contributed by atoms with Crippen LogP contribution < -0.4 is 11.1 Å². The van der Waals surface area contributed by atoms with E-state index in [1.165, 1.54) is 6.92 Å². The van der Waals surface area contributed by atoms with Gasteiger partial charge in [-0.05, 0) is 36.6 Å². The quantitative estimate of drug-likeness (QED) is 0.613. The number of allylic oxidation sites excluding steroid dienone is 2. The van der Waals surface area contributed by atoms with E-state index in [1.807, 2.05) is 24.3 Å². The fourth-order valence-electron chi connectivity index (χ4n) is 1.99. The maximum atomic E-state index is 11.7. The number of aryl methyl sites for hydroxylation is 1. The Labute approximate surface area is 118 Å². The Bertz CT molecular complexity index is 600. The molecule has 104 valence electrons. The summed E-state index contributed by atoms with van der Waals surface area (Å²) in [6.07, 6.45) is 6.92. The molecular weight excluding hydrogens is 252 g/mol. The predicted octanol–water partition coefficient (Wildman–Crippen LogP) is 2.02. The van der Waals surface area contributed by atoms with Gasteiger partial charge in [-0.25, -0.2) is 0 Å². The zero-order valence-corrected chi connectivity index (χ0v) is 11.5. The average molecular weight is 270 g/mol. The van der Waals surface area contributed by atoms with Crippen molar-refractivity contribution >= 4 is 17.4 Å². The highest BCUT2D eigenvalue weighted by molar-refractivity contribution is 5.99. The number of rotatable bonds is 6. The summed E-state index contributed by atoms with van der Waals surface area (Å²) in [5.41, 5.74) is 8.91. The van der Waals surface area contributed by atoms with Crippen LogP contribution >= 0.6 is 0 Å². The number of benzene rings is 1. The van der Waals surface area contributed by atoms with Gasteiger partial charge in [-0.3, -0.25) is 9.59 Å². The Kier molecular flexibility index (Phi) is 4.35. The fourth-order valence-corrected chi connectivity index (χ4v) is 1.99. The van der Waals surface area contributed by atoms with Gasteiger partial charge in [0.2, 0.25) is 5.91 Å². The molecule has 2 rings (SSSR count). The third kappa shape index (κ3) is 3.57. The number of hydrogen-bond donors (Lipinski definition) is 2. The number of nitrogen functional groups attached to an aromatic ring is 1. The van der Waals surface area contributed by atoms with E-state index in [2.05, 4.69) is 5.32 Å². The summed E-state index contributed by atoms with van der Waals surface area (Å²) in [4.78, 5) is 22.9. The third-order valence-electron chi connectivity index (χ3n) is 3.25. The number of amides is 1. The van der Waals surface area contributed by atoms with Crippen LogP contribution in [0.1, 0.15) is 29.3 Å². The molecule has 0 atom stereocenters. The summed E-state index contributed by atoms with van der Waals surface area (Å²) in [5.74, 6) is -0.0333. The molecule has 0 unspecified atom stereocenters. The van der Waals surface area contributed by atoms with Crippen molar-refractivity contribution in [2.75, 3.05) is 12.3 Å². The lowest BCUT2D eigenvalue weighted by molar-refractivity contribution is -0.120. The maximum absolute atomic E-state index is 11.7. The lowest BCUT2D eigenvalue weighted by Crippen LogP contribution is -2.26. The van der Waals surface area contributed by atoms with Crippen LogP contribution in [0.15, 0.2) is 42.0 Å². The molecule has 1 aliphatic rings. The monoisotopic (exact) mass is 270 g/mol. The normalized spacial score (nSPS) is 12.6. The molecule has 1 amide bonds. The van der Waals surface area contributed by atoms with Gasteiger partial charge in [0.25, 0.3) is 0 Å². The molecule has 0 heterocycles. The number of carbonyl (C=O) groups is 2. The first kappa shape index (κ1) is 14.1. The second-order valence-electron chi connectivity index (χ2n) is 4.86. The van der Waals surface area contributed by atoms with E-state index in [4.69, 9.17) is 5.73 Å². The number of nitrogens with two attached hydrogens (primary N) is 1. The molecule has 1 aromatic carbocycles. The molecule has 0 aliphatic heterocycles. The second kappa shape index (κ2) is 6.19. The second-order valence-corrected chi connectivity index (χ2v) is 4.86. The van der Waals surface area contributed by atoms with E-state index in [1.54, 1.807) is 12.1 Å². The lowest BCUT2D eigenvalue weighted by atomic mass is 10.0. The van der Waals surface area contributed by atoms with Gasteiger partial charge in [0, 0.05) is 24.2 Å². The van der Waals surface area contributed by atoms with E-state index in [9.17, 15) is 9.59 Å². The third-order valence-corrected chi connectivity index (χ3v) is 3.25. The van der Waals surface area contributed by atoms with Crippen LogP contribution in [0.25, 0.3) is 0 Å². The van der Waals surface area contributed by atoms with Gasteiger partial charge in [0.1, 0.15) is 0 Å². The molecule has 1 aromatic rings. The van der Waals surface area contributed by atoms with Gasteiger partial charge < -0.3 is 11.1 Å². The number of carbonyl (C=O) groups excluding carboxylic acids is 2. The molecule has 0 radical (unpaired) electrons. The lowest BCUT2D eigenvalue weighted by Gasteiger charge is -2.09. The summed E-state index contributed by atoms with van der Waals surface area (Å²) in [6, 6.07) is 5.33. The SMILES string of the molecule is CC(=O)c1ccc(CCC(=O)NCC2=CC=C2)cc1N. The van der Waals surface area contributed by atoms with E-state index in [0.29, 0.717) is 30.6 Å². The Morgan fingerprint density at radius 1 is 1.30 bits per heavy atom. The van der Waals surface area contributed by atoms with E-state index in [-0.39, 0.29) is 11.7 Å². The average Bonchev–Trinajstić information content (AvgIpc) is 2.34. The minimum absolute atomic E-state index is 0.0143. The zero-order valence-electron chi connectivity index (χ0n) is 11.5. The van der Waals surface area contributed by atoms with E-state index >= 15 is 0 Å². The van der Waals surface area contributed by atoms with Crippen molar-refractivity contribution in [3.05, 3.63) is 53.1 Å². The highest BCUT2D eigenvalue weighted by atomic mass is 16.1. The first-order chi connectivity index (χ1) is 9.56. The van der Waals surface area contributed by atoms with Gasteiger partial charge in [-0.1, -0.05) is 24.3 Å². The van der Waals surface area contributed by atoms with Crippen LogP contribution in [0.5, 0.6) is 0 Å². The molecule has 1 aliphatic carbocycles. The van der Waals surface area contributed by atoms with Crippen LogP contribution in [0.2, 0.25) is 0 Å². The minimum atomic E-state index is -0.0476. The molecule has 0 spiro atoms. The van der Waals surface area contributed by atoms with Crippen molar-refractivity contribution in [3.63, 3.8) is 0 Å². The van der Waals surface area contributed by atoms with Gasteiger partial charge in [-0.2, -0.15) is 0 Å². The summed E-state index contributed by atoms with van der Waals surface area (Å²) in [7, 11) is 0. The van der Waals surface area contributed by atoms with Crippen molar-refractivity contribution < 1.29 is 9.59 Å². The molecular formula is C16H18N2O2. The molecule has 3 N–H and O–H groups in total. The Hall–Kier alpha value is -2.36. The molecule has 0 fully saturated rings. The van der Waals surface area contributed by atoms with Crippen LogP contribution in [-0.2, 0) is 11.2 Å². The number of anilines is 1. The Morgan fingerprint density at radius 2 is 2.05 bits per heavy atom. The topological polar surface area (TPSA) is 72.2 Å². The first-order valence-corrected chi connectivity index (χ1v) is 6.59. The highest BCUT2D eigenvalue weighted by Gasteiger charge is 2.07. The van der Waals surface area contributed by atoms with Crippen LogP contribution in [0.3, 0.4) is 0 Å². The standard InChI is InChI=1S/C16H18N2O2/c1-11(19)14-7-5-12(9-15(14)17)6-8-16(20)18-10-13-3-2-4-13/h2-5,7,9H,6,8,10,17H2,1H3,(H,18,20). The van der Waals surface area contributed by atoms with Gasteiger partial charge in [0.05, 0.1) is 0 Å².